The number of carboxylic acid groups (broad SMARTS) is 1. The SMILES string of the molecule is Cc1cc(-c2ccccc2F)c(C(=O)O)c(N(C)C)n1. The Kier molecular flexibility index (Phi) is 3.70. The van der Waals surface area contributed by atoms with Crippen LogP contribution >= 0.6 is 0 Å². The number of pyridine rings is 1. The van der Waals surface area contributed by atoms with Gasteiger partial charge in [0.2, 0.25) is 0 Å². The predicted molar refractivity (Wildman–Crippen MR) is 75.7 cm³/mol. The first-order chi connectivity index (χ1) is 9.41. The average molecular weight is 274 g/mol. The zero-order chi connectivity index (χ0) is 14.9. The summed E-state index contributed by atoms with van der Waals surface area (Å²) in [5.74, 6) is -1.26. The molecule has 20 heavy (non-hydrogen) atoms. The van der Waals surface area contributed by atoms with Gasteiger partial charge in [0, 0.05) is 30.9 Å². The first kappa shape index (κ1) is 14.0. The molecule has 0 aliphatic rings. The van der Waals surface area contributed by atoms with E-state index in [0.717, 1.165) is 0 Å². The summed E-state index contributed by atoms with van der Waals surface area (Å²) in [5, 5.41) is 9.45. The minimum Gasteiger partial charge on any atom is -0.478 e. The second kappa shape index (κ2) is 5.28. The monoisotopic (exact) mass is 274 g/mol. The highest BCUT2D eigenvalue weighted by molar-refractivity contribution is 6.01. The van der Waals surface area contributed by atoms with Crippen molar-refractivity contribution in [3.63, 3.8) is 0 Å². The first-order valence-corrected chi connectivity index (χ1v) is 6.09. The Morgan fingerprint density at radius 1 is 1.25 bits per heavy atom. The molecule has 2 rings (SSSR count). The molecule has 0 saturated heterocycles. The molecular weight excluding hydrogens is 259 g/mol. The number of anilines is 1. The standard InChI is InChI=1S/C15H15FN2O2/c1-9-8-11(10-6-4-5-7-12(10)16)13(15(19)20)14(17-9)18(2)3/h4-8H,1-3H3,(H,19,20). The van der Waals surface area contributed by atoms with Crippen molar-refractivity contribution in [1.82, 2.24) is 4.98 Å². The Balaban J connectivity index is 2.82. The minimum atomic E-state index is -1.13. The number of hydrogen-bond acceptors (Lipinski definition) is 3. The smallest absolute Gasteiger partial charge is 0.340 e. The van der Waals surface area contributed by atoms with Crippen molar-refractivity contribution in [2.45, 2.75) is 6.92 Å². The predicted octanol–water partition coefficient (Wildman–Crippen LogP) is 2.96. The van der Waals surface area contributed by atoms with Crippen LogP contribution in [0.2, 0.25) is 0 Å². The first-order valence-electron chi connectivity index (χ1n) is 6.09. The molecule has 2 aromatic rings. The van der Waals surface area contributed by atoms with Gasteiger partial charge in [-0.2, -0.15) is 0 Å². The Morgan fingerprint density at radius 3 is 2.45 bits per heavy atom. The number of carboxylic acids is 1. The van der Waals surface area contributed by atoms with Crippen LogP contribution in [0.25, 0.3) is 11.1 Å². The normalized spacial score (nSPS) is 10.4. The van der Waals surface area contributed by atoms with E-state index < -0.39 is 11.8 Å². The molecule has 0 radical (unpaired) electrons. The molecule has 1 aromatic carbocycles. The van der Waals surface area contributed by atoms with Gasteiger partial charge in [-0.15, -0.1) is 0 Å². The summed E-state index contributed by atoms with van der Waals surface area (Å²) in [6, 6.07) is 7.71. The van der Waals surface area contributed by atoms with Crippen LogP contribution in [-0.4, -0.2) is 30.2 Å². The molecule has 5 heteroatoms. The van der Waals surface area contributed by atoms with Gasteiger partial charge < -0.3 is 10.0 Å². The fourth-order valence-electron chi connectivity index (χ4n) is 2.08. The van der Waals surface area contributed by atoms with Crippen LogP contribution in [0, 0.1) is 12.7 Å². The summed E-state index contributed by atoms with van der Waals surface area (Å²) < 4.78 is 14.0. The number of aromatic nitrogens is 1. The van der Waals surface area contributed by atoms with E-state index in [1.54, 1.807) is 50.2 Å². The molecule has 0 fully saturated rings. The van der Waals surface area contributed by atoms with Gasteiger partial charge in [0.1, 0.15) is 17.2 Å². The maximum atomic E-state index is 14.0. The fraction of sp³-hybridized carbons (Fsp3) is 0.200. The molecule has 0 amide bonds. The van der Waals surface area contributed by atoms with Crippen LogP contribution in [-0.2, 0) is 0 Å². The zero-order valence-corrected chi connectivity index (χ0v) is 11.5. The van der Waals surface area contributed by atoms with Crippen LogP contribution in [0.15, 0.2) is 30.3 Å². The van der Waals surface area contributed by atoms with Gasteiger partial charge in [-0.25, -0.2) is 14.2 Å². The topological polar surface area (TPSA) is 53.4 Å². The van der Waals surface area contributed by atoms with Gasteiger partial charge in [0.05, 0.1) is 0 Å². The molecule has 4 nitrogen and oxygen atoms in total. The molecule has 0 bridgehead atoms. The zero-order valence-electron chi connectivity index (χ0n) is 11.5. The van der Waals surface area contributed by atoms with Crippen molar-refractivity contribution in [3.8, 4) is 11.1 Å². The van der Waals surface area contributed by atoms with Crippen LogP contribution in [0.5, 0.6) is 0 Å². The lowest BCUT2D eigenvalue weighted by molar-refractivity contribution is 0.0698. The van der Waals surface area contributed by atoms with Crippen molar-refractivity contribution in [3.05, 3.63) is 47.4 Å². The molecular formula is C15H15FN2O2. The maximum absolute atomic E-state index is 14.0. The van der Waals surface area contributed by atoms with Crippen LogP contribution < -0.4 is 4.90 Å². The lowest BCUT2D eigenvalue weighted by Crippen LogP contribution is -2.17. The molecule has 0 unspecified atom stereocenters. The average Bonchev–Trinajstić information content (AvgIpc) is 2.37. The van der Waals surface area contributed by atoms with Crippen LogP contribution in [0.4, 0.5) is 10.2 Å². The molecule has 0 atom stereocenters. The lowest BCUT2D eigenvalue weighted by Gasteiger charge is -2.18. The highest BCUT2D eigenvalue weighted by Gasteiger charge is 2.21. The molecule has 1 N–H and O–H groups in total. The Morgan fingerprint density at radius 2 is 1.90 bits per heavy atom. The van der Waals surface area contributed by atoms with Crippen LogP contribution in [0.3, 0.4) is 0 Å². The Labute approximate surface area is 116 Å². The van der Waals surface area contributed by atoms with E-state index >= 15 is 0 Å². The molecule has 0 aliphatic carbocycles. The van der Waals surface area contributed by atoms with E-state index in [1.807, 2.05) is 0 Å². The molecule has 1 heterocycles. The second-order valence-electron chi connectivity index (χ2n) is 4.69. The van der Waals surface area contributed by atoms with E-state index in [9.17, 15) is 14.3 Å². The number of benzene rings is 1. The van der Waals surface area contributed by atoms with E-state index in [-0.39, 0.29) is 11.1 Å². The van der Waals surface area contributed by atoms with Gasteiger partial charge in [0.25, 0.3) is 0 Å². The van der Waals surface area contributed by atoms with Crippen molar-refractivity contribution in [1.29, 1.82) is 0 Å². The van der Waals surface area contributed by atoms with E-state index in [4.69, 9.17) is 0 Å². The Bertz CT molecular complexity index is 669. The number of halogens is 1. The largest absolute Gasteiger partial charge is 0.478 e. The number of aromatic carboxylic acids is 1. The number of nitrogens with zero attached hydrogens (tertiary/aromatic N) is 2. The summed E-state index contributed by atoms with van der Waals surface area (Å²) in [6.45, 7) is 1.75. The fourth-order valence-corrected chi connectivity index (χ4v) is 2.08. The third kappa shape index (κ3) is 2.47. The Hall–Kier alpha value is -2.43. The third-order valence-electron chi connectivity index (χ3n) is 2.93. The summed E-state index contributed by atoms with van der Waals surface area (Å²) in [6.07, 6.45) is 0. The molecule has 0 saturated carbocycles. The molecule has 104 valence electrons. The van der Waals surface area contributed by atoms with Gasteiger partial charge in [-0.05, 0) is 19.1 Å². The van der Waals surface area contributed by atoms with E-state index in [2.05, 4.69) is 4.98 Å². The quantitative estimate of drug-likeness (QED) is 0.935. The maximum Gasteiger partial charge on any atom is 0.340 e. The highest BCUT2D eigenvalue weighted by atomic mass is 19.1. The summed E-state index contributed by atoms with van der Waals surface area (Å²) in [5.41, 5.74) is 1.24. The number of rotatable bonds is 3. The van der Waals surface area contributed by atoms with Gasteiger partial charge >= 0.3 is 5.97 Å². The summed E-state index contributed by atoms with van der Waals surface area (Å²) >= 11 is 0. The molecule has 0 spiro atoms. The van der Waals surface area contributed by atoms with Gasteiger partial charge in [0.15, 0.2) is 0 Å². The molecule has 1 aromatic heterocycles. The molecule has 0 aliphatic heterocycles. The second-order valence-corrected chi connectivity index (χ2v) is 4.69. The van der Waals surface area contributed by atoms with Crippen molar-refractivity contribution >= 4 is 11.8 Å². The van der Waals surface area contributed by atoms with Gasteiger partial charge in [-0.1, -0.05) is 18.2 Å². The van der Waals surface area contributed by atoms with Crippen LogP contribution in [0.1, 0.15) is 16.1 Å². The minimum absolute atomic E-state index is 0.00528. The number of hydrogen-bond donors (Lipinski definition) is 1. The van der Waals surface area contributed by atoms with E-state index in [0.29, 0.717) is 17.1 Å². The summed E-state index contributed by atoms with van der Waals surface area (Å²) in [7, 11) is 3.42. The summed E-state index contributed by atoms with van der Waals surface area (Å²) in [4.78, 5) is 17.4. The van der Waals surface area contributed by atoms with Crippen molar-refractivity contribution < 1.29 is 14.3 Å². The van der Waals surface area contributed by atoms with E-state index in [1.165, 1.54) is 6.07 Å². The van der Waals surface area contributed by atoms with Crippen molar-refractivity contribution in [2.24, 2.45) is 0 Å². The lowest BCUT2D eigenvalue weighted by atomic mass is 9.99. The third-order valence-corrected chi connectivity index (χ3v) is 2.93. The highest BCUT2D eigenvalue weighted by Crippen LogP contribution is 2.31. The van der Waals surface area contributed by atoms with Crippen molar-refractivity contribution in [2.75, 3.05) is 19.0 Å². The number of aryl methyl sites for hydroxylation is 1. The van der Waals surface area contributed by atoms with Gasteiger partial charge in [-0.3, -0.25) is 0 Å². The number of carbonyl (C=O) groups is 1.